The van der Waals surface area contributed by atoms with Gasteiger partial charge >= 0.3 is 0 Å². The molecule has 1 aromatic carbocycles. The van der Waals surface area contributed by atoms with Crippen LogP contribution in [0.2, 0.25) is 0 Å². The van der Waals surface area contributed by atoms with Gasteiger partial charge in [0.25, 0.3) is 0 Å². The Bertz CT molecular complexity index is 331. The molecular formula is C13H18BrN. The van der Waals surface area contributed by atoms with Gasteiger partial charge in [-0.15, -0.1) is 0 Å². The van der Waals surface area contributed by atoms with Crippen LogP contribution >= 0.6 is 15.9 Å². The summed E-state index contributed by atoms with van der Waals surface area (Å²) in [5, 5.41) is 0. The fraction of sp³-hybridized carbons (Fsp3) is 0.538. The summed E-state index contributed by atoms with van der Waals surface area (Å²) < 4.78 is 1.19. The van der Waals surface area contributed by atoms with Crippen molar-refractivity contribution in [1.29, 1.82) is 0 Å². The number of hydrogen-bond donors (Lipinski definition) is 0. The molecule has 0 unspecified atom stereocenters. The molecule has 1 fully saturated rings. The third-order valence-electron chi connectivity index (χ3n) is 3.13. The van der Waals surface area contributed by atoms with Gasteiger partial charge in [-0.3, -0.25) is 0 Å². The van der Waals surface area contributed by atoms with Crippen LogP contribution in [-0.2, 0) is 0 Å². The second kappa shape index (κ2) is 4.56. The van der Waals surface area contributed by atoms with Gasteiger partial charge in [0.1, 0.15) is 0 Å². The third kappa shape index (κ3) is 2.36. The predicted molar refractivity (Wildman–Crippen MR) is 69.7 cm³/mol. The number of anilines is 1. The van der Waals surface area contributed by atoms with Crippen LogP contribution in [-0.4, -0.2) is 13.1 Å². The molecule has 1 aromatic rings. The zero-order valence-electron chi connectivity index (χ0n) is 9.52. The number of nitrogens with zero attached hydrogens (tertiary/aromatic N) is 1. The van der Waals surface area contributed by atoms with Crippen LogP contribution in [0.3, 0.4) is 0 Å². The fourth-order valence-electron chi connectivity index (χ4n) is 2.52. The highest BCUT2D eigenvalue weighted by Crippen LogP contribution is 2.30. The molecule has 2 rings (SSSR count). The third-order valence-corrected chi connectivity index (χ3v) is 3.59. The van der Waals surface area contributed by atoms with Gasteiger partial charge in [0.2, 0.25) is 0 Å². The lowest BCUT2D eigenvalue weighted by Crippen LogP contribution is -2.30. The molecule has 0 aromatic heterocycles. The van der Waals surface area contributed by atoms with Gasteiger partial charge in [0.15, 0.2) is 0 Å². The van der Waals surface area contributed by atoms with E-state index in [1.165, 1.54) is 53.6 Å². The van der Waals surface area contributed by atoms with E-state index < -0.39 is 0 Å². The van der Waals surface area contributed by atoms with Gasteiger partial charge in [-0.2, -0.15) is 0 Å². The molecule has 2 heteroatoms. The highest BCUT2D eigenvalue weighted by molar-refractivity contribution is 9.10. The van der Waals surface area contributed by atoms with Crippen LogP contribution < -0.4 is 4.90 Å². The average Bonchev–Trinajstić information content (AvgIpc) is 2.17. The topological polar surface area (TPSA) is 3.24 Å². The molecule has 0 N–H and O–H groups in total. The minimum Gasteiger partial charge on any atom is -0.371 e. The first-order chi connectivity index (χ1) is 7.18. The second-order valence-corrected chi connectivity index (χ2v) is 5.35. The van der Waals surface area contributed by atoms with E-state index in [4.69, 9.17) is 0 Å². The molecule has 1 nitrogen and oxygen atoms in total. The summed E-state index contributed by atoms with van der Waals surface area (Å²) in [7, 11) is 0. The minimum atomic E-state index is 1.19. The quantitative estimate of drug-likeness (QED) is 0.742. The molecule has 0 saturated carbocycles. The number of benzene rings is 1. The van der Waals surface area contributed by atoms with Crippen LogP contribution in [0.1, 0.15) is 30.4 Å². The monoisotopic (exact) mass is 267 g/mol. The largest absolute Gasteiger partial charge is 0.371 e. The molecule has 82 valence electrons. The number of aryl methyl sites for hydroxylation is 2. The maximum absolute atomic E-state index is 3.55. The molecule has 0 spiro atoms. The van der Waals surface area contributed by atoms with Gasteiger partial charge in [0, 0.05) is 23.2 Å². The number of halogens is 1. The average molecular weight is 268 g/mol. The highest BCUT2D eigenvalue weighted by Gasteiger charge is 2.15. The van der Waals surface area contributed by atoms with Gasteiger partial charge in [-0.1, -0.05) is 15.9 Å². The number of piperidine rings is 1. The van der Waals surface area contributed by atoms with Crippen molar-refractivity contribution in [2.24, 2.45) is 0 Å². The maximum atomic E-state index is 3.55. The van der Waals surface area contributed by atoms with Crippen molar-refractivity contribution in [3.8, 4) is 0 Å². The Kier molecular flexibility index (Phi) is 3.35. The molecule has 0 amide bonds. The minimum absolute atomic E-state index is 1.19. The van der Waals surface area contributed by atoms with Crippen molar-refractivity contribution < 1.29 is 0 Å². The molecule has 1 heterocycles. The summed E-state index contributed by atoms with van der Waals surface area (Å²) in [6.45, 7) is 6.87. The Morgan fingerprint density at radius 2 is 1.53 bits per heavy atom. The van der Waals surface area contributed by atoms with E-state index in [2.05, 4.69) is 46.8 Å². The van der Waals surface area contributed by atoms with Crippen LogP contribution in [0.15, 0.2) is 16.6 Å². The Morgan fingerprint density at radius 3 is 2.07 bits per heavy atom. The van der Waals surface area contributed by atoms with Gasteiger partial charge in [-0.05, 0) is 56.4 Å². The SMILES string of the molecule is Cc1cc(Br)cc(C)c1N1CCCCC1. The lowest BCUT2D eigenvalue weighted by molar-refractivity contribution is 0.576. The van der Waals surface area contributed by atoms with Crippen LogP contribution in [0, 0.1) is 13.8 Å². The predicted octanol–water partition coefficient (Wildman–Crippen LogP) is 4.06. The summed E-state index contributed by atoms with van der Waals surface area (Å²) >= 11 is 3.55. The molecular weight excluding hydrogens is 250 g/mol. The van der Waals surface area contributed by atoms with E-state index >= 15 is 0 Å². The summed E-state index contributed by atoms with van der Waals surface area (Å²) in [6, 6.07) is 4.44. The Morgan fingerprint density at radius 1 is 1.00 bits per heavy atom. The normalized spacial score (nSPS) is 16.9. The van der Waals surface area contributed by atoms with Crippen molar-refractivity contribution in [2.75, 3.05) is 18.0 Å². The van der Waals surface area contributed by atoms with Crippen LogP contribution in [0.5, 0.6) is 0 Å². The number of rotatable bonds is 1. The van der Waals surface area contributed by atoms with E-state index in [9.17, 15) is 0 Å². The molecule has 0 radical (unpaired) electrons. The van der Waals surface area contributed by atoms with Gasteiger partial charge in [-0.25, -0.2) is 0 Å². The standard InChI is InChI=1S/C13H18BrN/c1-10-8-12(14)9-11(2)13(10)15-6-4-3-5-7-15/h8-9H,3-7H2,1-2H3. The second-order valence-electron chi connectivity index (χ2n) is 4.44. The summed E-state index contributed by atoms with van der Waals surface area (Å²) in [6.07, 6.45) is 4.08. The van der Waals surface area contributed by atoms with Gasteiger partial charge < -0.3 is 4.90 Å². The van der Waals surface area contributed by atoms with Crippen LogP contribution in [0.4, 0.5) is 5.69 Å². The molecule has 15 heavy (non-hydrogen) atoms. The van der Waals surface area contributed by atoms with E-state index in [1.807, 2.05) is 0 Å². The van der Waals surface area contributed by atoms with Crippen molar-refractivity contribution in [1.82, 2.24) is 0 Å². The van der Waals surface area contributed by atoms with E-state index in [1.54, 1.807) is 0 Å². The molecule has 1 saturated heterocycles. The summed E-state index contributed by atoms with van der Waals surface area (Å²) in [5.74, 6) is 0. The van der Waals surface area contributed by atoms with Gasteiger partial charge in [0.05, 0.1) is 0 Å². The molecule has 0 aliphatic carbocycles. The van der Waals surface area contributed by atoms with E-state index in [0.29, 0.717) is 0 Å². The molecule has 1 aliphatic heterocycles. The highest BCUT2D eigenvalue weighted by atomic mass is 79.9. The van der Waals surface area contributed by atoms with Crippen molar-refractivity contribution >= 4 is 21.6 Å². The first-order valence-corrected chi connectivity index (χ1v) is 6.49. The van der Waals surface area contributed by atoms with Crippen molar-refractivity contribution in [3.05, 3.63) is 27.7 Å². The van der Waals surface area contributed by atoms with Crippen molar-refractivity contribution in [3.63, 3.8) is 0 Å². The lowest BCUT2D eigenvalue weighted by Gasteiger charge is -2.31. The zero-order valence-corrected chi connectivity index (χ0v) is 11.1. The summed E-state index contributed by atoms with van der Waals surface area (Å²) in [4.78, 5) is 2.54. The first kappa shape index (κ1) is 11.0. The molecule has 0 atom stereocenters. The Hall–Kier alpha value is -0.500. The smallest absolute Gasteiger partial charge is 0.0426 e. The Balaban J connectivity index is 2.33. The maximum Gasteiger partial charge on any atom is 0.0426 e. The molecule has 1 aliphatic rings. The lowest BCUT2D eigenvalue weighted by atomic mass is 10.0. The zero-order chi connectivity index (χ0) is 10.8. The Labute approximate surface area is 101 Å². The molecule has 0 bridgehead atoms. The number of hydrogen-bond acceptors (Lipinski definition) is 1. The van der Waals surface area contributed by atoms with E-state index in [-0.39, 0.29) is 0 Å². The fourth-order valence-corrected chi connectivity index (χ4v) is 3.21. The first-order valence-electron chi connectivity index (χ1n) is 5.70. The van der Waals surface area contributed by atoms with Crippen LogP contribution in [0.25, 0.3) is 0 Å². The van der Waals surface area contributed by atoms with E-state index in [0.717, 1.165) is 0 Å². The summed E-state index contributed by atoms with van der Waals surface area (Å²) in [5.41, 5.74) is 4.24. The van der Waals surface area contributed by atoms with Crippen molar-refractivity contribution in [2.45, 2.75) is 33.1 Å².